The van der Waals surface area contributed by atoms with E-state index in [9.17, 15) is 4.79 Å². The zero-order valence-corrected chi connectivity index (χ0v) is 13.8. The summed E-state index contributed by atoms with van der Waals surface area (Å²) in [6.45, 7) is 8.77. The van der Waals surface area contributed by atoms with Crippen LogP contribution in [0.2, 0.25) is 0 Å². The van der Waals surface area contributed by atoms with E-state index in [2.05, 4.69) is 21.8 Å². The van der Waals surface area contributed by atoms with Crippen molar-refractivity contribution in [2.45, 2.75) is 13.8 Å². The SMILES string of the molecule is CCOc1cncc(N2C[C@@H](C)[C@H](C(=O)N3CCOCC3)C2)n1. The maximum atomic E-state index is 12.7. The summed E-state index contributed by atoms with van der Waals surface area (Å²) in [7, 11) is 0. The van der Waals surface area contributed by atoms with E-state index < -0.39 is 0 Å². The number of nitrogens with zero attached hydrogens (tertiary/aromatic N) is 4. The molecule has 126 valence electrons. The number of ether oxygens (including phenoxy) is 2. The summed E-state index contributed by atoms with van der Waals surface area (Å²) in [5.41, 5.74) is 0. The highest BCUT2D eigenvalue weighted by molar-refractivity contribution is 5.80. The van der Waals surface area contributed by atoms with Crippen molar-refractivity contribution in [2.24, 2.45) is 11.8 Å². The van der Waals surface area contributed by atoms with Gasteiger partial charge in [-0.1, -0.05) is 6.92 Å². The standard InChI is InChI=1S/C16H24N4O3/c1-3-23-15-9-17-8-14(18-15)20-10-12(2)13(11-20)16(21)19-4-6-22-7-5-19/h8-9,12-13H,3-7,10-11H2,1-2H3/t12-,13-/m1/s1. The summed E-state index contributed by atoms with van der Waals surface area (Å²) in [5, 5.41) is 0. The summed E-state index contributed by atoms with van der Waals surface area (Å²) in [5.74, 6) is 1.84. The fourth-order valence-electron chi connectivity index (χ4n) is 3.20. The number of amides is 1. The first-order valence-corrected chi connectivity index (χ1v) is 8.25. The zero-order valence-electron chi connectivity index (χ0n) is 13.8. The minimum Gasteiger partial charge on any atom is -0.477 e. The Balaban J connectivity index is 1.68. The molecule has 2 fully saturated rings. The van der Waals surface area contributed by atoms with Crippen molar-refractivity contribution in [3.63, 3.8) is 0 Å². The molecule has 1 aromatic rings. The van der Waals surface area contributed by atoms with Gasteiger partial charge < -0.3 is 19.3 Å². The van der Waals surface area contributed by atoms with Crippen molar-refractivity contribution < 1.29 is 14.3 Å². The molecule has 7 heteroatoms. The minimum atomic E-state index is 0.00523. The number of morpholine rings is 1. The summed E-state index contributed by atoms with van der Waals surface area (Å²) >= 11 is 0. The van der Waals surface area contributed by atoms with Crippen molar-refractivity contribution >= 4 is 11.7 Å². The predicted molar refractivity (Wildman–Crippen MR) is 85.5 cm³/mol. The van der Waals surface area contributed by atoms with Crippen molar-refractivity contribution in [2.75, 3.05) is 50.9 Å². The second kappa shape index (κ2) is 7.12. The van der Waals surface area contributed by atoms with Crippen LogP contribution in [0.4, 0.5) is 5.82 Å². The molecule has 0 spiro atoms. The summed E-state index contributed by atoms with van der Waals surface area (Å²) < 4.78 is 10.7. The van der Waals surface area contributed by atoms with Crippen LogP contribution < -0.4 is 9.64 Å². The third-order valence-electron chi connectivity index (χ3n) is 4.47. The highest BCUT2D eigenvalue weighted by Crippen LogP contribution is 2.29. The van der Waals surface area contributed by atoms with Crippen molar-refractivity contribution in [3.8, 4) is 5.88 Å². The minimum absolute atomic E-state index is 0.00523. The monoisotopic (exact) mass is 320 g/mol. The Hall–Kier alpha value is -1.89. The fourth-order valence-corrected chi connectivity index (χ4v) is 3.20. The Morgan fingerprint density at radius 3 is 2.87 bits per heavy atom. The van der Waals surface area contributed by atoms with Gasteiger partial charge in [0.15, 0.2) is 5.82 Å². The Morgan fingerprint density at radius 1 is 1.35 bits per heavy atom. The number of hydrogen-bond donors (Lipinski definition) is 0. The molecule has 7 nitrogen and oxygen atoms in total. The lowest BCUT2D eigenvalue weighted by molar-refractivity contribution is -0.140. The molecule has 2 atom stereocenters. The molecule has 0 saturated carbocycles. The molecule has 2 saturated heterocycles. The summed E-state index contributed by atoms with van der Waals surface area (Å²) in [6, 6.07) is 0. The number of carbonyl (C=O) groups is 1. The topological polar surface area (TPSA) is 67.8 Å². The normalized spacial score (nSPS) is 24.8. The molecular weight excluding hydrogens is 296 g/mol. The first-order chi connectivity index (χ1) is 11.2. The first kappa shape index (κ1) is 16.0. The van der Waals surface area contributed by atoms with E-state index in [-0.39, 0.29) is 11.8 Å². The van der Waals surface area contributed by atoms with E-state index in [1.807, 2.05) is 11.8 Å². The Kier molecular flexibility index (Phi) is 4.95. The third-order valence-corrected chi connectivity index (χ3v) is 4.47. The van der Waals surface area contributed by atoms with Crippen molar-refractivity contribution in [3.05, 3.63) is 12.4 Å². The van der Waals surface area contributed by atoms with E-state index in [0.29, 0.717) is 51.3 Å². The molecule has 0 N–H and O–H groups in total. The van der Waals surface area contributed by atoms with Crippen LogP contribution in [-0.2, 0) is 9.53 Å². The van der Waals surface area contributed by atoms with Gasteiger partial charge in [-0.3, -0.25) is 9.78 Å². The quantitative estimate of drug-likeness (QED) is 0.818. The molecule has 0 unspecified atom stereocenters. The Labute approximate surface area is 136 Å². The molecule has 0 bridgehead atoms. The van der Waals surface area contributed by atoms with Crippen LogP contribution in [0.1, 0.15) is 13.8 Å². The predicted octanol–water partition coefficient (Wildman–Crippen LogP) is 0.806. The molecule has 23 heavy (non-hydrogen) atoms. The van der Waals surface area contributed by atoms with Gasteiger partial charge in [0.2, 0.25) is 11.8 Å². The van der Waals surface area contributed by atoms with Gasteiger partial charge >= 0.3 is 0 Å². The van der Waals surface area contributed by atoms with E-state index in [0.717, 1.165) is 12.4 Å². The van der Waals surface area contributed by atoms with E-state index >= 15 is 0 Å². The van der Waals surface area contributed by atoms with Gasteiger partial charge in [-0.15, -0.1) is 0 Å². The Bertz CT molecular complexity index is 548. The van der Waals surface area contributed by atoms with Crippen LogP contribution in [0.5, 0.6) is 5.88 Å². The van der Waals surface area contributed by atoms with Gasteiger partial charge in [0.1, 0.15) is 0 Å². The van der Waals surface area contributed by atoms with Crippen LogP contribution in [-0.4, -0.2) is 66.8 Å². The van der Waals surface area contributed by atoms with Crippen molar-refractivity contribution in [1.29, 1.82) is 0 Å². The van der Waals surface area contributed by atoms with Crippen LogP contribution in [0.25, 0.3) is 0 Å². The lowest BCUT2D eigenvalue weighted by Crippen LogP contribution is -2.45. The molecule has 0 aliphatic carbocycles. The number of anilines is 1. The van der Waals surface area contributed by atoms with Gasteiger partial charge in [0.25, 0.3) is 0 Å². The molecule has 3 heterocycles. The highest BCUT2D eigenvalue weighted by atomic mass is 16.5. The second-order valence-electron chi connectivity index (χ2n) is 6.07. The maximum absolute atomic E-state index is 12.7. The van der Waals surface area contributed by atoms with Crippen LogP contribution in [0.15, 0.2) is 12.4 Å². The summed E-state index contributed by atoms with van der Waals surface area (Å²) in [4.78, 5) is 25.5. The molecule has 2 aliphatic heterocycles. The van der Waals surface area contributed by atoms with Gasteiger partial charge in [0, 0.05) is 26.2 Å². The van der Waals surface area contributed by atoms with Gasteiger partial charge in [-0.05, 0) is 12.8 Å². The molecule has 0 radical (unpaired) electrons. The highest BCUT2D eigenvalue weighted by Gasteiger charge is 2.38. The largest absolute Gasteiger partial charge is 0.477 e. The number of carbonyl (C=O) groups excluding carboxylic acids is 1. The zero-order chi connectivity index (χ0) is 16.2. The molecule has 1 amide bonds. The average Bonchev–Trinajstić information content (AvgIpc) is 2.97. The lowest BCUT2D eigenvalue weighted by atomic mass is 9.96. The van der Waals surface area contributed by atoms with E-state index in [1.165, 1.54) is 0 Å². The fraction of sp³-hybridized carbons (Fsp3) is 0.688. The van der Waals surface area contributed by atoms with Crippen LogP contribution in [0.3, 0.4) is 0 Å². The second-order valence-corrected chi connectivity index (χ2v) is 6.07. The molecular formula is C16H24N4O3. The van der Waals surface area contributed by atoms with Gasteiger partial charge in [-0.2, -0.15) is 4.98 Å². The molecule has 0 aromatic carbocycles. The van der Waals surface area contributed by atoms with Crippen LogP contribution in [0, 0.1) is 11.8 Å². The molecule has 1 aromatic heterocycles. The lowest BCUT2D eigenvalue weighted by Gasteiger charge is -2.30. The van der Waals surface area contributed by atoms with E-state index in [4.69, 9.17) is 9.47 Å². The smallest absolute Gasteiger partial charge is 0.234 e. The number of aromatic nitrogens is 2. The first-order valence-electron chi connectivity index (χ1n) is 8.25. The maximum Gasteiger partial charge on any atom is 0.234 e. The molecule has 2 aliphatic rings. The Morgan fingerprint density at radius 2 is 2.13 bits per heavy atom. The summed E-state index contributed by atoms with van der Waals surface area (Å²) in [6.07, 6.45) is 3.35. The third kappa shape index (κ3) is 3.55. The van der Waals surface area contributed by atoms with Gasteiger partial charge in [0.05, 0.1) is 38.1 Å². The average molecular weight is 320 g/mol. The number of hydrogen-bond acceptors (Lipinski definition) is 6. The molecule has 3 rings (SSSR count). The number of rotatable bonds is 4. The van der Waals surface area contributed by atoms with Crippen molar-refractivity contribution in [1.82, 2.24) is 14.9 Å². The van der Waals surface area contributed by atoms with Gasteiger partial charge in [-0.25, -0.2) is 0 Å². The van der Waals surface area contributed by atoms with E-state index in [1.54, 1.807) is 12.4 Å². The van der Waals surface area contributed by atoms with Crippen LogP contribution >= 0.6 is 0 Å².